The quantitative estimate of drug-likeness (QED) is 0.829. The molecule has 0 N–H and O–H groups in total. The summed E-state index contributed by atoms with van der Waals surface area (Å²) in [5.41, 5.74) is 1.01. The van der Waals surface area contributed by atoms with E-state index in [1.165, 1.54) is 0 Å². The Morgan fingerprint density at radius 1 is 1.27 bits per heavy atom. The van der Waals surface area contributed by atoms with Crippen molar-refractivity contribution in [3.05, 3.63) is 30.1 Å². The average molecular weight is 359 g/mol. The van der Waals surface area contributed by atoms with Gasteiger partial charge in [0.15, 0.2) is 0 Å². The van der Waals surface area contributed by atoms with Crippen molar-refractivity contribution in [2.45, 2.75) is 44.8 Å². The Morgan fingerprint density at radius 2 is 2.15 bits per heavy atom. The highest BCUT2D eigenvalue weighted by Gasteiger charge is 2.47. The smallest absolute Gasteiger partial charge is 0.320 e. The number of ether oxygens (including phenoxy) is 2. The molecule has 1 aromatic rings. The van der Waals surface area contributed by atoms with Crippen molar-refractivity contribution in [3.8, 4) is 0 Å². The van der Waals surface area contributed by atoms with Gasteiger partial charge in [-0.15, -0.1) is 0 Å². The highest BCUT2D eigenvalue weighted by atomic mass is 16.5. The molecule has 0 saturated carbocycles. The van der Waals surface area contributed by atoms with Crippen LogP contribution in [0.5, 0.6) is 0 Å². The maximum Gasteiger partial charge on any atom is 0.320 e. The van der Waals surface area contributed by atoms with Crippen LogP contribution in [0.15, 0.2) is 24.5 Å². The standard InChI is InChI=1S/C20H29N3O3/c24-19(22-9-1-2-10-22)23-11-6-18-20(15-23,7-4-12-26-18)16-25-14-17-5-3-8-21-13-17/h3,5,8,13,18H,1-2,4,6-7,9-12,14-16H2. The van der Waals surface area contributed by atoms with Crippen LogP contribution in [-0.4, -0.2) is 66.3 Å². The molecule has 6 nitrogen and oxygen atoms in total. The minimum atomic E-state index is -0.0753. The maximum atomic E-state index is 12.9. The summed E-state index contributed by atoms with van der Waals surface area (Å²) in [5, 5.41) is 0. The highest BCUT2D eigenvalue weighted by molar-refractivity contribution is 5.75. The van der Waals surface area contributed by atoms with Gasteiger partial charge in [0.1, 0.15) is 0 Å². The van der Waals surface area contributed by atoms with Crippen LogP contribution in [0, 0.1) is 5.41 Å². The van der Waals surface area contributed by atoms with Crippen LogP contribution in [0.2, 0.25) is 0 Å². The first-order valence-corrected chi connectivity index (χ1v) is 9.89. The molecule has 0 bridgehead atoms. The number of aromatic nitrogens is 1. The zero-order valence-electron chi connectivity index (χ0n) is 15.4. The van der Waals surface area contributed by atoms with E-state index in [2.05, 4.69) is 4.98 Å². The summed E-state index contributed by atoms with van der Waals surface area (Å²) in [5.74, 6) is 0. The van der Waals surface area contributed by atoms with Crippen molar-refractivity contribution in [2.75, 3.05) is 39.4 Å². The van der Waals surface area contributed by atoms with Gasteiger partial charge in [-0.1, -0.05) is 6.07 Å². The van der Waals surface area contributed by atoms with Crippen LogP contribution in [0.1, 0.15) is 37.7 Å². The van der Waals surface area contributed by atoms with Gasteiger partial charge in [0.25, 0.3) is 0 Å². The van der Waals surface area contributed by atoms with E-state index in [0.717, 1.165) is 70.5 Å². The zero-order chi connectivity index (χ0) is 17.8. The normalized spacial score (nSPS) is 28.8. The molecule has 2 unspecified atom stereocenters. The Morgan fingerprint density at radius 3 is 2.96 bits per heavy atom. The first-order chi connectivity index (χ1) is 12.8. The number of likely N-dealkylation sites (tertiary alicyclic amines) is 2. The fourth-order valence-corrected chi connectivity index (χ4v) is 4.63. The maximum absolute atomic E-state index is 12.9. The van der Waals surface area contributed by atoms with Crippen LogP contribution in [-0.2, 0) is 16.1 Å². The topological polar surface area (TPSA) is 54.9 Å². The molecule has 2 atom stereocenters. The molecule has 0 aliphatic carbocycles. The van der Waals surface area contributed by atoms with E-state index in [9.17, 15) is 4.79 Å². The first-order valence-electron chi connectivity index (χ1n) is 9.89. The number of carbonyl (C=O) groups is 1. The molecule has 0 radical (unpaired) electrons. The van der Waals surface area contributed by atoms with E-state index in [-0.39, 0.29) is 17.6 Å². The second kappa shape index (κ2) is 7.92. The monoisotopic (exact) mass is 359 g/mol. The predicted octanol–water partition coefficient (Wildman–Crippen LogP) is 2.69. The molecule has 4 heterocycles. The van der Waals surface area contributed by atoms with E-state index in [1.54, 1.807) is 6.20 Å². The van der Waals surface area contributed by atoms with E-state index < -0.39 is 0 Å². The Labute approximate surface area is 155 Å². The third-order valence-electron chi connectivity index (χ3n) is 6.02. The minimum absolute atomic E-state index is 0.0753. The summed E-state index contributed by atoms with van der Waals surface area (Å²) in [7, 11) is 0. The minimum Gasteiger partial charge on any atom is -0.377 e. The second-order valence-electron chi connectivity index (χ2n) is 7.87. The van der Waals surface area contributed by atoms with Gasteiger partial charge in [0.2, 0.25) is 0 Å². The summed E-state index contributed by atoms with van der Waals surface area (Å²) >= 11 is 0. The van der Waals surface area contributed by atoms with Crippen LogP contribution in [0.3, 0.4) is 0 Å². The number of pyridine rings is 1. The number of carbonyl (C=O) groups excluding carboxylic acids is 1. The van der Waals surface area contributed by atoms with Gasteiger partial charge in [0.05, 0.1) is 19.3 Å². The van der Waals surface area contributed by atoms with Crippen LogP contribution < -0.4 is 0 Å². The molecule has 1 aromatic heterocycles. The molecule has 0 spiro atoms. The lowest BCUT2D eigenvalue weighted by molar-refractivity contribution is -0.149. The predicted molar refractivity (Wildman–Crippen MR) is 97.7 cm³/mol. The lowest BCUT2D eigenvalue weighted by atomic mass is 9.73. The summed E-state index contributed by atoms with van der Waals surface area (Å²) in [6.45, 7) is 5.37. The molecule has 3 fully saturated rings. The number of hydrogen-bond acceptors (Lipinski definition) is 4. The molecule has 142 valence electrons. The molecule has 2 amide bonds. The van der Waals surface area contributed by atoms with Gasteiger partial charge in [-0.25, -0.2) is 4.79 Å². The molecular weight excluding hydrogens is 330 g/mol. The van der Waals surface area contributed by atoms with Crippen molar-refractivity contribution < 1.29 is 14.3 Å². The van der Waals surface area contributed by atoms with Crippen molar-refractivity contribution in [1.82, 2.24) is 14.8 Å². The van der Waals surface area contributed by atoms with Crippen molar-refractivity contribution >= 4 is 6.03 Å². The largest absolute Gasteiger partial charge is 0.377 e. The average Bonchev–Trinajstić information content (AvgIpc) is 3.22. The number of nitrogens with zero attached hydrogens (tertiary/aromatic N) is 3. The third kappa shape index (κ3) is 3.71. The van der Waals surface area contributed by atoms with Gasteiger partial charge in [-0.3, -0.25) is 4.98 Å². The second-order valence-corrected chi connectivity index (χ2v) is 7.87. The van der Waals surface area contributed by atoms with Crippen molar-refractivity contribution in [3.63, 3.8) is 0 Å². The molecule has 4 rings (SSSR count). The molecule has 26 heavy (non-hydrogen) atoms. The fourth-order valence-electron chi connectivity index (χ4n) is 4.63. The van der Waals surface area contributed by atoms with Crippen LogP contribution in [0.4, 0.5) is 4.79 Å². The lowest BCUT2D eigenvalue weighted by Gasteiger charge is -2.50. The Balaban J connectivity index is 1.41. The molecule has 3 saturated heterocycles. The number of piperidine rings is 1. The van der Waals surface area contributed by atoms with E-state index in [1.807, 2.05) is 28.1 Å². The third-order valence-corrected chi connectivity index (χ3v) is 6.02. The Bertz CT molecular complexity index is 606. The van der Waals surface area contributed by atoms with Crippen LogP contribution in [0.25, 0.3) is 0 Å². The fraction of sp³-hybridized carbons (Fsp3) is 0.700. The summed E-state index contributed by atoms with van der Waals surface area (Å²) in [6, 6.07) is 4.17. The van der Waals surface area contributed by atoms with Gasteiger partial charge in [-0.2, -0.15) is 0 Å². The van der Waals surface area contributed by atoms with E-state index >= 15 is 0 Å². The number of rotatable bonds is 4. The summed E-state index contributed by atoms with van der Waals surface area (Å²) < 4.78 is 12.2. The SMILES string of the molecule is O=C(N1CCCC1)N1CCC2OCCCC2(COCc2cccnc2)C1. The molecule has 0 aromatic carbocycles. The number of hydrogen-bond donors (Lipinski definition) is 0. The van der Waals surface area contributed by atoms with Gasteiger partial charge in [-0.05, 0) is 43.7 Å². The van der Waals surface area contributed by atoms with E-state index in [0.29, 0.717) is 13.2 Å². The Kier molecular flexibility index (Phi) is 5.41. The van der Waals surface area contributed by atoms with Crippen molar-refractivity contribution in [1.29, 1.82) is 0 Å². The molecule has 3 aliphatic rings. The summed E-state index contributed by atoms with van der Waals surface area (Å²) in [4.78, 5) is 21.1. The number of amides is 2. The van der Waals surface area contributed by atoms with Crippen LogP contribution >= 0.6 is 0 Å². The molecular formula is C20H29N3O3. The lowest BCUT2D eigenvalue weighted by Crippen LogP contribution is -2.59. The van der Waals surface area contributed by atoms with Gasteiger partial charge in [0, 0.05) is 50.6 Å². The Hall–Kier alpha value is -1.66. The van der Waals surface area contributed by atoms with Crippen molar-refractivity contribution in [2.24, 2.45) is 5.41 Å². The first kappa shape index (κ1) is 17.7. The van der Waals surface area contributed by atoms with Gasteiger partial charge < -0.3 is 19.3 Å². The van der Waals surface area contributed by atoms with E-state index in [4.69, 9.17) is 9.47 Å². The number of urea groups is 1. The molecule has 6 heteroatoms. The number of fused-ring (bicyclic) bond motifs is 1. The molecule has 3 aliphatic heterocycles. The van der Waals surface area contributed by atoms with Gasteiger partial charge >= 0.3 is 6.03 Å². The zero-order valence-corrected chi connectivity index (χ0v) is 15.4. The summed E-state index contributed by atoms with van der Waals surface area (Å²) in [6.07, 6.45) is 9.10. The highest BCUT2D eigenvalue weighted by Crippen LogP contribution is 2.41.